The molecule has 0 spiro atoms. The van der Waals surface area contributed by atoms with Gasteiger partial charge in [-0.1, -0.05) is 0 Å². The number of hydrogen-bond donors (Lipinski definition) is 3. The van der Waals surface area contributed by atoms with Crippen LogP contribution in [-0.4, -0.2) is 29.4 Å². The van der Waals surface area contributed by atoms with Gasteiger partial charge in [-0.2, -0.15) is 0 Å². The van der Waals surface area contributed by atoms with E-state index in [0.717, 1.165) is 12.8 Å². The van der Waals surface area contributed by atoms with Gasteiger partial charge in [-0.3, -0.25) is 14.4 Å². The normalized spacial score (nSPS) is 13.9. The molecule has 0 aliphatic heterocycles. The summed E-state index contributed by atoms with van der Waals surface area (Å²) in [4.78, 5) is 36.5. The zero-order valence-corrected chi connectivity index (χ0v) is 10.6. The highest BCUT2D eigenvalue weighted by Crippen LogP contribution is 2.18. The summed E-state index contributed by atoms with van der Waals surface area (Å²) in [6.07, 6.45) is 4.58. The second-order valence-corrected chi connectivity index (χ2v) is 4.64. The summed E-state index contributed by atoms with van der Waals surface area (Å²) in [6.45, 7) is 0.420. The molecule has 0 aromatic carbocycles. The topological polar surface area (TPSA) is 91.1 Å². The van der Waals surface area contributed by atoms with Crippen molar-refractivity contribution in [2.45, 2.75) is 31.7 Å². The molecule has 0 saturated heterocycles. The Morgan fingerprint density at radius 1 is 1.37 bits per heavy atom. The van der Waals surface area contributed by atoms with Crippen LogP contribution in [0.15, 0.2) is 23.1 Å². The molecule has 0 bridgehead atoms. The van der Waals surface area contributed by atoms with Gasteiger partial charge >= 0.3 is 0 Å². The number of carbonyl (C=O) groups is 2. The van der Waals surface area contributed by atoms with Crippen LogP contribution in [0.2, 0.25) is 0 Å². The van der Waals surface area contributed by atoms with Gasteiger partial charge in [0, 0.05) is 36.8 Å². The summed E-state index contributed by atoms with van der Waals surface area (Å²) in [7, 11) is 0. The van der Waals surface area contributed by atoms with Gasteiger partial charge in [0.2, 0.25) is 11.5 Å². The SMILES string of the molecule is O=C(CCCNC(=O)c1cc[nH]c(=O)c1)NC1CC1. The molecule has 1 aliphatic carbocycles. The maximum Gasteiger partial charge on any atom is 0.251 e. The molecule has 1 saturated carbocycles. The molecule has 3 N–H and O–H groups in total. The van der Waals surface area contributed by atoms with E-state index in [0.29, 0.717) is 31.0 Å². The van der Waals surface area contributed by atoms with E-state index in [1.807, 2.05) is 0 Å². The monoisotopic (exact) mass is 263 g/mol. The fourth-order valence-corrected chi connectivity index (χ4v) is 1.67. The average Bonchev–Trinajstić information content (AvgIpc) is 3.18. The Bertz CT molecular complexity index is 520. The van der Waals surface area contributed by atoms with E-state index in [1.165, 1.54) is 18.3 Å². The number of aromatic nitrogens is 1. The molecule has 6 heteroatoms. The highest BCUT2D eigenvalue weighted by Gasteiger charge is 2.22. The van der Waals surface area contributed by atoms with Crippen molar-refractivity contribution in [3.8, 4) is 0 Å². The van der Waals surface area contributed by atoms with Crippen LogP contribution >= 0.6 is 0 Å². The minimum Gasteiger partial charge on any atom is -0.353 e. The van der Waals surface area contributed by atoms with Gasteiger partial charge < -0.3 is 15.6 Å². The predicted molar refractivity (Wildman–Crippen MR) is 69.8 cm³/mol. The third-order valence-electron chi connectivity index (χ3n) is 2.85. The minimum absolute atomic E-state index is 0.0351. The van der Waals surface area contributed by atoms with Crippen LogP contribution in [0.4, 0.5) is 0 Å². The van der Waals surface area contributed by atoms with Gasteiger partial charge in [-0.25, -0.2) is 0 Å². The lowest BCUT2D eigenvalue weighted by Gasteiger charge is -2.05. The fraction of sp³-hybridized carbons (Fsp3) is 0.462. The van der Waals surface area contributed by atoms with Crippen molar-refractivity contribution >= 4 is 11.8 Å². The molecule has 1 fully saturated rings. The van der Waals surface area contributed by atoms with Crippen molar-refractivity contribution in [2.75, 3.05) is 6.54 Å². The second kappa shape index (κ2) is 6.17. The molecule has 19 heavy (non-hydrogen) atoms. The maximum atomic E-state index is 11.7. The van der Waals surface area contributed by atoms with Crippen molar-refractivity contribution in [3.05, 3.63) is 34.2 Å². The van der Waals surface area contributed by atoms with Gasteiger partial charge in [0.05, 0.1) is 0 Å². The summed E-state index contributed by atoms with van der Waals surface area (Å²) < 4.78 is 0. The van der Waals surface area contributed by atoms with Gasteiger partial charge in [-0.05, 0) is 25.3 Å². The summed E-state index contributed by atoms with van der Waals surface area (Å²) in [5.74, 6) is -0.262. The van der Waals surface area contributed by atoms with Gasteiger partial charge in [-0.15, -0.1) is 0 Å². The minimum atomic E-state index is -0.309. The molecule has 1 aliphatic rings. The Morgan fingerprint density at radius 3 is 2.84 bits per heavy atom. The molecule has 1 aromatic rings. The van der Waals surface area contributed by atoms with Gasteiger partial charge in [0.1, 0.15) is 0 Å². The highest BCUT2D eigenvalue weighted by molar-refractivity contribution is 5.93. The molecular weight excluding hydrogens is 246 g/mol. The number of hydrogen-bond acceptors (Lipinski definition) is 3. The first-order chi connectivity index (χ1) is 9.15. The number of aromatic amines is 1. The number of pyridine rings is 1. The van der Waals surface area contributed by atoms with Crippen LogP contribution in [-0.2, 0) is 4.79 Å². The Labute approximate surface area is 110 Å². The average molecular weight is 263 g/mol. The van der Waals surface area contributed by atoms with Crippen molar-refractivity contribution in [1.29, 1.82) is 0 Å². The third kappa shape index (κ3) is 4.57. The van der Waals surface area contributed by atoms with Crippen LogP contribution in [0.25, 0.3) is 0 Å². The smallest absolute Gasteiger partial charge is 0.251 e. The fourth-order valence-electron chi connectivity index (χ4n) is 1.67. The van der Waals surface area contributed by atoms with Crippen LogP contribution in [0.1, 0.15) is 36.0 Å². The van der Waals surface area contributed by atoms with E-state index >= 15 is 0 Å². The molecule has 6 nitrogen and oxygen atoms in total. The molecule has 0 radical (unpaired) electrons. The lowest BCUT2D eigenvalue weighted by atomic mass is 10.2. The summed E-state index contributed by atoms with van der Waals surface area (Å²) in [5.41, 5.74) is 0.0163. The first kappa shape index (κ1) is 13.3. The van der Waals surface area contributed by atoms with Crippen LogP contribution in [0.5, 0.6) is 0 Å². The van der Waals surface area contributed by atoms with Crippen molar-refractivity contribution in [2.24, 2.45) is 0 Å². The van der Waals surface area contributed by atoms with E-state index in [-0.39, 0.29) is 17.4 Å². The molecule has 0 atom stereocenters. The zero-order chi connectivity index (χ0) is 13.7. The standard InChI is InChI=1S/C13H17N3O3/c17-11(16-10-3-4-10)2-1-6-15-13(19)9-5-7-14-12(18)8-9/h5,7-8,10H,1-4,6H2,(H,14,18)(H,15,19)(H,16,17). The summed E-state index contributed by atoms with van der Waals surface area (Å²) in [5, 5.41) is 5.56. The summed E-state index contributed by atoms with van der Waals surface area (Å²) >= 11 is 0. The zero-order valence-electron chi connectivity index (χ0n) is 10.6. The quantitative estimate of drug-likeness (QED) is 0.639. The number of amides is 2. The van der Waals surface area contributed by atoms with Crippen molar-refractivity contribution in [3.63, 3.8) is 0 Å². The van der Waals surface area contributed by atoms with E-state index in [2.05, 4.69) is 15.6 Å². The Hall–Kier alpha value is -2.11. The van der Waals surface area contributed by atoms with Crippen molar-refractivity contribution < 1.29 is 9.59 Å². The van der Waals surface area contributed by atoms with E-state index in [1.54, 1.807) is 0 Å². The van der Waals surface area contributed by atoms with E-state index < -0.39 is 0 Å². The van der Waals surface area contributed by atoms with Crippen LogP contribution in [0, 0.1) is 0 Å². The lowest BCUT2D eigenvalue weighted by molar-refractivity contribution is -0.121. The predicted octanol–water partition coefficient (Wildman–Crippen LogP) is 0.163. The van der Waals surface area contributed by atoms with Crippen molar-refractivity contribution in [1.82, 2.24) is 15.6 Å². The second-order valence-electron chi connectivity index (χ2n) is 4.64. The van der Waals surface area contributed by atoms with Gasteiger partial charge in [0.25, 0.3) is 5.91 Å². The van der Waals surface area contributed by atoms with E-state index in [9.17, 15) is 14.4 Å². The molecule has 2 rings (SSSR count). The highest BCUT2D eigenvalue weighted by atomic mass is 16.2. The van der Waals surface area contributed by atoms with Crippen LogP contribution in [0.3, 0.4) is 0 Å². The molecule has 0 unspecified atom stereocenters. The number of nitrogens with one attached hydrogen (secondary N) is 3. The maximum absolute atomic E-state index is 11.7. The first-order valence-electron chi connectivity index (χ1n) is 6.41. The van der Waals surface area contributed by atoms with Crippen LogP contribution < -0.4 is 16.2 Å². The van der Waals surface area contributed by atoms with Gasteiger partial charge in [0.15, 0.2) is 0 Å². The molecule has 1 aromatic heterocycles. The summed E-state index contributed by atoms with van der Waals surface area (Å²) in [6, 6.07) is 3.16. The Morgan fingerprint density at radius 2 is 2.16 bits per heavy atom. The number of rotatable bonds is 6. The van der Waals surface area contributed by atoms with E-state index in [4.69, 9.17) is 0 Å². The Kier molecular flexibility index (Phi) is 4.33. The largest absolute Gasteiger partial charge is 0.353 e. The third-order valence-corrected chi connectivity index (χ3v) is 2.85. The number of H-pyrrole nitrogens is 1. The molecule has 102 valence electrons. The Balaban J connectivity index is 1.66. The molecular formula is C13H17N3O3. The number of carbonyl (C=O) groups excluding carboxylic acids is 2. The molecule has 1 heterocycles. The lowest BCUT2D eigenvalue weighted by Crippen LogP contribution is -2.28. The first-order valence-corrected chi connectivity index (χ1v) is 6.41. The molecule has 2 amide bonds.